The highest BCUT2D eigenvalue weighted by atomic mass is 28.4. The van der Waals surface area contributed by atoms with Crippen LogP contribution in [0.5, 0.6) is 0 Å². The topological polar surface area (TPSA) is 63.2 Å². The van der Waals surface area contributed by atoms with Crippen molar-refractivity contribution in [2.45, 2.75) is 179 Å². The summed E-state index contributed by atoms with van der Waals surface area (Å²) in [5.74, 6) is -0.399. The first kappa shape index (κ1) is 44.0. The molecule has 1 aromatic carbocycles. The zero-order chi connectivity index (χ0) is 38.0. The summed E-state index contributed by atoms with van der Waals surface area (Å²) in [6.07, 6.45) is 1.35. The van der Waals surface area contributed by atoms with Gasteiger partial charge in [-0.3, -0.25) is 0 Å². The summed E-state index contributed by atoms with van der Waals surface area (Å²) in [5.41, 5.74) is 2.86. The SMILES string of the molecule is C=CCC1O[C@@H](C(/C=C/[Si](C)(C)C)O[Si](C)(C)C(C)(C)C)C(O[Si](C)(C)C(C)(C)C)C(O[Si](C)(C)C(C)(C)C)C1OC(=O)c1ccccc1. The summed E-state index contributed by atoms with van der Waals surface area (Å²) in [6, 6.07) is 9.18. The second-order valence-electron chi connectivity index (χ2n) is 19.7. The minimum Gasteiger partial charge on any atom is -0.453 e. The van der Waals surface area contributed by atoms with Crippen molar-refractivity contribution >= 4 is 39.0 Å². The molecule has 1 heterocycles. The second-order valence-corrected chi connectivity index (χ2v) is 39.0. The zero-order valence-electron chi connectivity index (χ0n) is 34.4. The van der Waals surface area contributed by atoms with Crippen molar-refractivity contribution in [3.63, 3.8) is 0 Å². The lowest BCUT2D eigenvalue weighted by atomic mass is 9.90. The zero-order valence-corrected chi connectivity index (χ0v) is 38.4. The van der Waals surface area contributed by atoms with E-state index in [0.717, 1.165) is 0 Å². The molecule has 0 amide bonds. The van der Waals surface area contributed by atoms with Crippen LogP contribution >= 0.6 is 0 Å². The fraction of sp³-hybridized carbons (Fsp3) is 0.718. The highest BCUT2D eigenvalue weighted by Crippen LogP contribution is 2.46. The number of carbonyl (C=O) groups excluding carboxylic acids is 1. The fourth-order valence-corrected chi connectivity index (χ4v) is 9.51. The van der Waals surface area contributed by atoms with Gasteiger partial charge in [0.2, 0.25) is 0 Å². The van der Waals surface area contributed by atoms with Crippen molar-refractivity contribution in [2.24, 2.45) is 0 Å². The van der Waals surface area contributed by atoms with Crippen LogP contribution < -0.4 is 0 Å². The third kappa shape index (κ3) is 11.7. The van der Waals surface area contributed by atoms with E-state index in [1.807, 2.05) is 24.3 Å². The van der Waals surface area contributed by atoms with Crippen molar-refractivity contribution in [3.8, 4) is 0 Å². The van der Waals surface area contributed by atoms with Gasteiger partial charge in [-0.05, 0) is 73.0 Å². The van der Waals surface area contributed by atoms with Crippen LogP contribution in [0.4, 0.5) is 0 Å². The monoisotopic (exact) mass is 748 g/mol. The van der Waals surface area contributed by atoms with E-state index in [4.69, 9.17) is 22.8 Å². The lowest BCUT2D eigenvalue weighted by Gasteiger charge is -2.54. The first-order valence-electron chi connectivity index (χ1n) is 18.2. The summed E-state index contributed by atoms with van der Waals surface area (Å²) in [7, 11) is -8.82. The Morgan fingerprint density at radius 2 is 1.22 bits per heavy atom. The summed E-state index contributed by atoms with van der Waals surface area (Å²) < 4.78 is 36.0. The first-order chi connectivity index (χ1) is 21.9. The molecule has 0 radical (unpaired) electrons. The molecule has 0 aromatic heterocycles. The molecule has 0 saturated carbocycles. The number of rotatable bonds is 13. The second kappa shape index (κ2) is 15.9. The predicted molar refractivity (Wildman–Crippen MR) is 218 cm³/mol. The van der Waals surface area contributed by atoms with Gasteiger partial charge in [0.25, 0.3) is 0 Å². The van der Waals surface area contributed by atoms with Gasteiger partial charge < -0.3 is 22.8 Å². The van der Waals surface area contributed by atoms with Crippen LogP contribution in [-0.2, 0) is 22.8 Å². The molecule has 10 heteroatoms. The van der Waals surface area contributed by atoms with Gasteiger partial charge in [0.15, 0.2) is 31.1 Å². The Hall–Kier alpha value is -1.12. The fourth-order valence-electron chi connectivity index (χ4n) is 4.89. The van der Waals surface area contributed by atoms with E-state index in [0.29, 0.717) is 12.0 Å². The molecule has 0 bridgehead atoms. The summed E-state index contributed by atoms with van der Waals surface area (Å²) in [4.78, 5) is 13.8. The third-order valence-corrected chi connectivity index (χ3v) is 25.8. The number of esters is 1. The standard InChI is InChI=1S/C39H72O6Si4/c1-20-24-30-32(42-36(40)29-25-22-21-23-26-29)34(44-48(16,17)38(5,6)7)35(45-49(18,19)39(8,9)10)33(41-30)31(27-28-46(11,12)13)43-47(14,15)37(2,3)4/h20-23,25-28,30-35H,1,24H2,2-19H3/b28-27+/t30?,31?,32?,33-,34?,35?/m0/s1. The summed E-state index contributed by atoms with van der Waals surface area (Å²) in [6.45, 7) is 45.1. The average Bonchev–Trinajstić information content (AvgIpc) is 2.92. The van der Waals surface area contributed by atoms with E-state index < -0.39 is 69.5 Å². The van der Waals surface area contributed by atoms with Gasteiger partial charge in [-0.25, -0.2) is 4.79 Å². The molecule has 2 rings (SSSR count). The van der Waals surface area contributed by atoms with Gasteiger partial charge in [0, 0.05) is 0 Å². The molecule has 1 saturated heterocycles. The van der Waals surface area contributed by atoms with Crippen LogP contribution in [0.2, 0.25) is 74.0 Å². The molecule has 6 nitrogen and oxygen atoms in total. The maximum Gasteiger partial charge on any atom is 0.338 e. The lowest BCUT2D eigenvalue weighted by Crippen LogP contribution is -2.68. The Morgan fingerprint density at radius 3 is 1.65 bits per heavy atom. The Kier molecular flexibility index (Phi) is 14.3. The smallest absolute Gasteiger partial charge is 0.338 e. The molecule has 1 aliphatic rings. The molecular weight excluding hydrogens is 677 g/mol. The maximum absolute atomic E-state index is 13.8. The van der Waals surface area contributed by atoms with Crippen molar-refractivity contribution in [1.82, 2.24) is 0 Å². The van der Waals surface area contributed by atoms with Gasteiger partial charge in [-0.2, -0.15) is 0 Å². The van der Waals surface area contributed by atoms with Crippen molar-refractivity contribution in [1.29, 1.82) is 0 Å². The van der Waals surface area contributed by atoms with E-state index in [-0.39, 0.29) is 21.2 Å². The highest BCUT2D eigenvalue weighted by molar-refractivity contribution is 6.81. The molecule has 0 aliphatic carbocycles. The van der Waals surface area contributed by atoms with E-state index in [9.17, 15) is 4.79 Å². The minimum absolute atomic E-state index is 0.0198. The van der Waals surface area contributed by atoms with E-state index in [2.05, 4.69) is 140 Å². The van der Waals surface area contributed by atoms with Crippen molar-refractivity contribution < 1.29 is 27.5 Å². The Labute approximate surface area is 305 Å². The largest absolute Gasteiger partial charge is 0.453 e. The van der Waals surface area contributed by atoms with Gasteiger partial charge in [-0.15, -0.1) is 6.58 Å². The number of hydrogen-bond donors (Lipinski definition) is 0. The van der Waals surface area contributed by atoms with Crippen LogP contribution in [-0.4, -0.2) is 75.6 Å². The molecule has 1 aliphatic heterocycles. The van der Waals surface area contributed by atoms with Gasteiger partial charge >= 0.3 is 5.97 Å². The average molecular weight is 749 g/mol. The van der Waals surface area contributed by atoms with Crippen LogP contribution in [0.15, 0.2) is 54.8 Å². The molecule has 49 heavy (non-hydrogen) atoms. The number of ether oxygens (including phenoxy) is 2. The normalized spacial score (nSPS) is 24.2. The van der Waals surface area contributed by atoms with E-state index in [1.54, 1.807) is 12.1 Å². The molecular formula is C39H72O6Si4. The number of carbonyl (C=O) groups is 1. The molecule has 280 valence electrons. The highest BCUT2D eigenvalue weighted by Gasteiger charge is 2.57. The quantitative estimate of drug-likeness (QED) is 0.114. The Balaban J connectivity index is 2.96. The van der Waals surface area contributed by atoms with Crippen LogP contribution in [0.1, 0.15) is 79.1 Å². The van der Waals surface area contributed by atoms with Gasteiger partial charge in [-0.1, -0.05) is 118 Å². The van der Waals surface area contributed by atoms with Crippen LogP contribution in [0.25, 0.3) is 0 Å². The number of hydrogen-bond acceptors (Lipinski definition) is 6. The van der Waals surface area contributed by atoms with E-state index in [1.165, 1.54) is 0 Å². The molecule has 0 N–H and O–H groups in total. The minimum atomic E-state index is -2.45. The van der Waals surface area contributed by atoms with Crippen molar-refractivity contribution in [2.75, 3.05) is 0 Å². The third-order valence-electron chi connectivity index (χ3n) is 11.1. The van der Waals surface area contributed by atoms with Crippen LogP contribution in [0, 0.1) is 0 Å². The maximum atomic E-state index is 13.8. The Morgan fingerprint density at radius 1 is 0.755 bits per heavy atom. The van der Waals surface area contributed by atoms with E-state index >= 15 is 0 Å². The number of benzene rings is 1. The molecule has 5 unspecified atom stereocenters. The van der Waals surface area contributed by atoms with Gasteiger partial charge in [0.1, 0.15) is 24.4 Å². The first-order valence-corrected chi connectivity index (χ1v) is 30.5. The van der Waals surface area contributed by atoms with Crippen LogP contribution in [0.3, 0.4) is 0 Å². The lowest BCUT2D eigenvalue weighted by molar-refractivity contribution is -0.227. The Bertz CT molecular complexity index is 1270. The molecule has 1 fully saturated rings. The summed E-state index contributed by atoms with van der Waals surface area (Å²) >= 11 is 0. The molecule has 0 spiro atoms. The molecule has 1 aromatic rings. The van der Waals surface area contributed by atoms with Crippen molar-refractivity contribution in [3.05, 3.63) is 60.3 Å². The summed E-state index contributed by atoms with van der Waals surface area (Å²) in [5, 5.41) is -0.204. The predicted octanol–water partition coefficient (Wildman–Crippen LogP) is 11.2. The molecule has 6 atom stereocenters. The van der Waals surface area contributed by atoms with Gasteiger partial charge in [0.05, 0.1) is 19.7 Å².